The van der Waals surface area contributed by atoms with E-state index < -0.39 is 0 Å². The van der Waals surface area contributed by atoms with Gasteiger partial charge in [0.05, 0.1) is 16.9 Å². The van der Waals surface area contributed by atoms with Crippen molar-refractivity contribution in [2.45, 2.75) is 19.4 Å². The van der Waals surface area contributed by atoms with Gasteiger partial charge in [-0.15, -0.1) is 0 Å². The van der Waals surface area contributed by atoms with Crippen LogP contribution in [0.4, 0.5) is 11.4 Å². The van der Waals surface area contributed by atoms with Gasteiger partial charge in [0.1, 0.15) is 0 Å². The molecule has 22 heavy (non-hydrogen) atoms. The zero-order valence-electron chi connectivity index (χ0n) is 13.3. The standard InChI is InChI=1S/C19H23N3/c1-14-5-3-4-6-16(14)15-7-8-18-17(11-15)21-13-19(2)12-20-9-10-22(18)19/h3-8,11,20-21H,9-10,12-13H2,1-2H3. The number of anilines is 2. The second kappa shape index (κ2) is 5.03. The summed E-state index contributed by atoms with van der Waals surface area (Å²) in [5.41, 5.74) is 6.72. The molecular formula is C19H23N3. The fourth-order valence-electron chi connectivity index (χ4n) is 3.75. The van der Waals surface area contributed by atoms with Crippen molar-refractivity contribution in [2.24, 2.45) is 0 Å². The lowest BCUT2D eigenvalue weighted by Gasteiger charge is -2.50. The number of nitrogens with one attached hydrogen (secondary N) is 2. The molecular weight excluding hydrogens is 270 g/mol. The predicted octanol–water partition coefficient (Wildman–Crippen LogP) is 3.26. The van der Waals surface area contributed by atoms with Crippen LogP contribution in [0.25, 0.3) is 11.1 Å². The first-order valence-corrected chi connectivity index (χ1v) is 8.10. The number of aryl methyl sites for hydroxylation is 1. The third-order valence-corrected chi connectivity index (χ3v) is 5.07. The molecule has 2 aromatic rings. The minimum atomic E-state index is 0.176. The molecule has 0 aromatic heterocycles. The lowest BCUT2D eigenvalue weighted by molar-refractivity contribution is 0.362. The number of hydrogen-bond donors (Lipinski definition) is 2. The first-order valence-electron chi connectivity index (χ1n) is 8.10. The third kappa shape index (κ3) is 2.08. The molecule has 0 aliphatic carbocycles. The maximum absolute atomic E-state index is 3.65. The van der Waals surface area contributed by atoms with E-state index in [0.29, 0.717) is 0 Å². The van der Waals surface area contributed by atoms with E-state index in [1.165, 1.54) is 28.1 Å². The van der Waals surface area contributed by atoms with Gasteiger partial charge in [-0.25, -0.2) is 0 Å². The molecule has 0 radical (unpaired) electrons. The smallest absolute Gasteiger partial charge is 0.0671 e. The van der Waals surface area contributed by atoms with Crippen LogP contribution < -0.4 is 15.5 Å². The van der Waals surface area contributed by atoms with Crippen molar-refractivity contribution in [3.05, 3.63) is 48.0 Å². The van der Waals surface area contributed by atoms with Crippen LogP contribution in [0.3, 0.4) is 0 Å². The van der Waals surface area contributed by atoms with Crippen molar-refractivity contribution >= 4 is 11.4 Å². The largest absolute Gasteiger partial charge is 0.381 e. The summed E-state index contributed by atoms with van der Waals surface area (Å²) in [4.78, 5) is 2.57. The van der Waals surface area contributed by atoms with Gasteiger partial charge in [0.2, 0.25) is 0 Å². The van der Waals surface area contributed by atoms with E-state index in [1.807, 2.05) is 0 Å². The van der Waals surface area contributed by atoms with Crippen molar-refractivity contribution in [1.29, 1.82) is 0 Å². The van der Waals surface area contributed by atoms with Crippen molar-refractivity contribution < 1.29 is 0 Å². The molecule has 1 unspecified atom stereocenters. The molecule has 114 valence electrons. The summed E-state index contributed by atoms with van der Waals surface area (Å²) >= 11 is 0. The van der Waals surface area contributed by atoms with Crippen LogP contribution >= 0.6 is 0 Å². The molecule has 2 aromatic carbocycles. The van der Waals surface area contributed by atoms with Crippen LogP contribution in [0.5, 0.6) is 0 Å². The fourth-order valence-corrected chi connectivity index (χ4v) is 3.75. The zero-order valence-corrected chi connectivity index (χ0v) is 13.3. The van der Waals surface area contributed by atoms with E-state index in [9.17, 15) is 0 Å². The van der Waals surface area contributed by atoms with E-state index in [2.05, 4.69) is 71.8 Å². The van der Waals surface area contributed by atoms with Crippen LogP contribution in [0.1, 0.15) is 12.5 Å². The van der Waals surface area contributed by atoms with E-state index >= 15 is 0 Å². The van der Waals surface area contributed by atoms with Crippen LogP contribution in [-0.4, -0.2) is 31.7 Å². The van der Waals surface area contributed by atoms with Gasteiger partial charge < -0.3 is 15.5 Å². The first kappa shape index (κ1) is 13.6. The van der Waals surface area contributed by atoms with Gasteiger partial charge in [0.15, 0.2) is 0 Å². The van der Waals surface area contributed by atoms with Gasteiger partial charge >= 0.3 is 0 Å². The monoisotopic (exact) mass is 293 g/mol. The molecule has 2 aliphatic heterocycles. The summed E-state index contributed by atoms with van der Waals surface area (Å²) in [7, 11) is 0. The Hall–Kier alpha value is -2.00. The van der Waals surface area contributed by atoms with E-state index in [0.717, 1.165) is 26.2 Å². The molecule has 3 nitrogen and oxygen atoms in total. The second-order valence-electron chi connectivity index (χ2n) is 6.73. The Morgan fingerprint density at radius 2 is 1.95 bits per heavy atom. The van der Waals surface area contributed by atoms with Crippen molar-refractivity contribution in [2.75, 3.05) is 36.4 Å². The van der Waals surface area contributed by atoms with Gasteiger partial charge in [0.25, 0.3) is 0 Å². The highest BCUT2D eigenvalue weighted by Crippen LogP contribution is 2.39. The third-order valence-electron chi connectivity index (χ3n) is 5.07. The van der Waals surface area contributed by atoms with Crippen LogP contribution in [0, 0.1) is 6.92 Å². The second-order valence-corrected chi connectivity index (χ2v) is 6.73. The Kier molecular flexibility index (Phi) is 3.12. The van der Waals surface area contributed by atoms with E-state index in [4.69, 9.17) is 0 Å². The van der Waals surface area contributed by atoms with E-state index in [1.54, 1.807) is 0 Å². The topological polar surface area (TPSA) is 27.3 Å². The molecule has 1 atom stereocenters. The molecule has 1 saturated heterocycles. The van der Waals surface area contributed by atoms with Crippen molar-refractivity contribution in [3.8, 4) is 11.1 Å². The minimum Gasteiger partial charge on any atom is -0.381 e. The Morgan fingerprint density at radius 3 is 2.82 bits per heavy atom. The zero-order chi connectivity index (χ0) is 15.2. The molecule has 3 heteroatoms. The Labute approximate surface area is 132 Å². The van der Waals surface area contributed by atoms with Crippen molar-refractivity contribution in [1.82, 2.24) is 5.32 Å². The number of rotatable bonds is 1. The number of nitrogens with zero attached hydrogens (tertiary/aromatic N) is 1. The predicted molar refractivity (Wildman–Crippen MR) is 93.7 cm³/mol. The molecule has 2 heterocycles. The van der Waals surface area contributed by atoms with Crippen LogP contribution in [0.15, 0.2) is 42.5 Å². The fraction of sp³-hybridized carbons (Fsp3) is 0.368. The normalized spacial score (nSPS) is 23.5. The van der Waals surface area contributed by atoms with Gasteiger partial charge in [0, 0.05) is 26.2 Å². The van der Waals surface area contributed by atoms with Gasteiger partial charge in [-0.2, -0.15) is 0 Å². The highest BCUT2D eigenvalue weighted by Gasteiger charge is 2.38. The first-order chi connectivity index (χ1) is 10.7. The molecule has 2 N–H and O–H groups in total. The molecule has 0 amide bonds. The summed E-state index contributed by atoms with van der Waals surface area (Å²) in [5, 5.41) is 7.17. The highest BCUT2D eigenvalue weighted by atomic mass is 15.3. The summed E-state index contributed by atoms with van der Waals surface area (Å²) in [6.45, 7) is 8.69. The van der Waals surface area contributed by atoms with E-state index in [-0.39, 0.29) is 5.54 Å². The SMILES string of the molecule is Cc1ccccc1-c1ccc2c(c1)NCC1(C)CNCCN21. The highest BCUT2D eigenvalue weighted by molar-refractivity contribution is 5.81. The number of hydrogen-bond acceptors (Lipinski definition) is 3. The Bertz CT molecular complexity index is 710. The molecule has 0 bridgehead atoms. The molecule has 2 aliphatic rings. The van der Waals surface area contributed by atoms with Gasteiger partial charge in [-0.1, -0.05) is 30.3 Å². The summed E-state index contributed by atoms with van der Waals surface area (Å²) in [6.07, 6.45) is 0. The number of piperazine rings is 1. The quantitative estimate of drug-likeness (QED) is 0.845. The molecule has 1 fully saturated rings. The van der Waals surface area contributed by atoms with Gasteiger partial charge in [-0.3, -0.25) is 0 Å². The number of fused-ring (bicyclic) bond motifs is 3. The lowest BCUT2D eigenvalue weighted by Crippen LogP contribution is -2.64. The lowest BCUT2D eigenvalue weighted by atomic mass is 9.91. The number of benzene rings is 2. The minimum absolute atomic E-state index is 0.176. The maximum atomic E-state index is 3.65. The summed E-state index contributed by atoms with van der Waals surface area (Å²) < 4.78 is 0. The summed E-state index contributed by atoms with van der Waals surface area (Å²) in [5.74, 6) is 0. The average Bonchev–Trinajstić information content (AvgIpc) is 2.54. The molecule has 0 saturated carbocycles. The Morgan fingerprint density at radius 1 is 1.09 bits per heavy atom. The molecule has 4 rings (SSSR count). The summed E-state index contributed by atoms with van der Waals surface area (Å²) in [6, 6.07) is 15.4. The molecule has 0 spiro atoms. The van der Waals surface area contributed by atoms with Crippen molar-refractivity contribution in [3.63, 3.8) is 0 Å². The maximum Gasteiger partial charge on any atom is 0.0671 e. The van der Waals surface area contributed by atoms with Gasteiger partial charge in [-0.05, 0) is 42.7 Å². The Balaban J connectivity index is 1.76. The van der Waals surface area contributed by atoms with Crippen LogP contribution in [-0.2, 0) is 0 Å². The van der Waals surface area contributed by atoms with Crippen LogP contribution in [0.2, 0.25) is 0 Å². The average molecular weight is 293 g/mol.